The Morgan fingerprint density at radius 1 is 1.32 bits per heavy atom. The highest BCUT2D eigenvalue weighted by atomic mass is 15.3. The molecule has 6 nitrogen and oxygen atoms in total. The van der Waals surface area contributed by atoms with E-state index in [9.17, 15) is 0 Å². The van der Waals surface area contributed by atoms with Gasteiger partial charge < -0.3 is 10.6 Å². The molecule has 2 rings (SSSR count). The molecule has 1 aromatic rings. The van der Waals surface area contributed by atoms with Gasteiger partial charge in [-0.15, -0.1) is 0 Å². The van der Waals surface area contributed by atoms with E-state index in [1.165, 1.54) is 25.9 Å². The fourth-order valence-electron chi connectivity index (χ4n) is 3.03. The Bertz CT molecular complexity index is 473. The van der Waals surface area contributed by atoms with Crippen LogP contribution in [0.2, 0.25) is 0 Å². The Balaban J connectivity index is 1.82. The molecule has 1 aliphatic heterocycles. The molecule has 124 valence electrons. The van der Waals surface area contributed by atoms with Gasteiger partial charge in [0.25, 0.3) is 0 Å². The lowest BCUT2D eigenvalue weighted by molar-refractivity contribution is 0.192. The van der Waals surface area contributed by atoms with Gasteiger partial charge in [-0.3, -0.25) is 14.6 Å². The van der Waals surface area contributed by atoms with Crippen molar-refractivity contribution in [1.82, 2.24) is 25.3 Å². The number of hydrogen-bond donors (Lipinski definition) is 2. The Labute approximate surface area is 134 Å². The first-order valence-corrected chi connectivity index (χ1v) is 8.27. The van der Waals surface area contributed by atoms with Crippen LogP contribution in [0.25, 0.3) is 0 Å². The third-order valence-electron chi connectivity index (χ3n) is 4.44. The summed E-state index contributed by atoms with van der Waals surface area (Å²) in [4.78, 5) is 6.92. The summed E-state index contributed by atoms with van der Waals surface area (Å²) in [6.45, 7) is 8.72. The van der Waals surface area contributed by atoms with Crippen LogP contribution >= 0.6 is 0 Å². The molecule has 0 spiro atoms. The molecule has 0 aromatic carbocycles. The fraction of sp³-hybridized carbons (Fsp3) is 0.750. The largest absolute Gasteiger partial charge is 0.355 e. The van der Waals surface area contributed by atoms with Gasteiger partial charge in [0.15, 0.2) is 5.96 Å². The molecular weight excluding hydrogens is 276 g/mol. The number of likely N-dealkylation sites (tertiary alicyclic amines) is 1. The van der Waals surface area contributed by atoms with Gasteiger partial charge in [-0.05, 0) is 37.9 Å². The number of nitrogens with zero attached hydrogens (tertiary/aromatic N) is 4. The Hall–Kier alpha value is -1.56. The molecule has 1 fully saturated rings. The molecule has 22 heavy (non-hydrogen) atoms. The Morgan fingerprint density at radius 2 is 2.05 bits per heavy atom. The zero-order chi connectivity index (χ0) is 15.9. The van der Waals surface area contributed by atoms with E-state index in [4.69, 9.17) is 0 Å². The predicted molar refractivity (Wildman–Crippen MR) is 90.8 cm³/mol. The number of guanidine groups is 1. The van der Waals surface area contributed by atoms with Gasteiger partial charge in [0.2, 0.25) is 0 Å². The number of aliphatic imine (C=N–C) groups is 1. The molecule has 2 N–H and O–H groups in total. The molecule has 1 aromatic heterocycles. The maximum atomic E-state index is 4.32. The van der Waals surface area contributed by atoms with Crippen LogP contribution in [-0.2, 0) is 13.6 Å². The molecule has 1 saturated heterocycles. The van der Waals surface area contributed by atoms with Crippen molar-refractivity contribution in [2.45, 2.75) is 39.3 Å². The lowest BCUT2D eigenvalue weighted by Gasteiger charge is -2.31. The molecular formula is C16H30N6. The van der Waals surface area contributed by atoms with Crippen LogP contribution in [0.15, 0.2) is 17.3 Å². The second kappa shape index (κ2) is 8.17. The molecule has 0 saturated carbocycles. The standard InChI is InChI=1S/C16H30N6/c1-13(2)15(22-9-5-6-10-22)12-19-16(17-3)18-11-14-7-8-20-21(14)4/h7-8,13,15H,5-6,9-12H2,1-4H3,(H2,17,18,19). The van der Waals surface area contributed by atoms with E-state index in [1.54, 1.807) is 0 Å². The van der Waals surface area contributed by atoms with Gasteiger partial charge >= 0.3 is 0 Å². The van der Waals surface area contributed by atoms with Crippen molar-refractivity contribution in [2.24, 2.45) is 18.0 Å². The van der Waals surface area contributed by atoms with Crippen LogP contribution in [0, 0.1) is 5.92 Å². The first-order valence-electron chi connectivity index (χ1n) is 8.27. The zero-order valence-corrected chi connectivity index (χ0v) is 14.3. The second-order valence-corrected chi connectivity index (χ2v) is 6.31. The highest BCUT2D eigenvalue weighted by molar-refractivity contribution is 5.79. The fourth-order valence-corrected chi connectivity index (χ4v) is 3.03. The second-order valence-electron chi connectivity index (χ2n) is 6.31. The number of hydrogen-bond acceptors (Lipinski definition) is 3. The van der Waals surface area contributed by atoms with Crippen LogP contribution in [0.4, 0.5) is 0 Å². The van der Waals surface area contributed by atoms with Crippen molar-refractivity contribution >= 4 is 5.96 Å². The number of rotatable bonds is 6. The molecule has 6 heteroatoms. The van der Waals surface area contributed by atoms with E-state index >= 15 is 0 Å². The Kier molecular flexibility index (Phi) is 6.24. The highest BCUT2D eigenvalue weighted by Crippen LogP contribution is 2.17. The summed E-state index contributed by atoms with van der Waals surface area (Å²) in [5, 5.41) is 11.0. The number of aryl methyl sites for hydroxylation is 1. The van der Waals surface area contributed by atoms with E-state index in [2.05, 4.69) is 39.5 Å². The van der Waals surface area contributed by atoms with E-state index in [1.807, 2.05) is 31.0 Å². The molecule has 0 aliphatic carbocycles. The van der Waals surface area contributed by atoms with Gasteiger partial charge in [-0.25, -0.2) is 0 Å². The van der Waals surface area contributed by atoms with Crippen LogP contribution in [0.1, 0.15) is 32.4 Å². The van der Waals surface area contributed by atoms with Gasteiger partial charge in [0.1, 0.15) is 0 Å². The van der Waals surface area contributed by atoms with Crippen LogP contribution in [0.5, 0.6) is 0 Å². The molecule has 1 atom stereocenters. The first-order chi connectivity index (χ1) is 10.6. The minimum absolute atomic E-state index is 0.567. The minimum Gasteiger partial charge on any atom is -0.355 e. The Morgan fingerprint density at radius 3 is 2.59 bits per heavy atom. The van der Waals surface area contributed by atoms with Gasteiger partial charge in [-0.1, -0.05) is 13.8 Å². The maximum Gasteiger partial charge on any atom is 0.191 e. The molecule has 2 heterocycles. The molecule has 0 radical (unpaired) electrons. The number of aromatic nitrogens is 2. The van der Waals surface area contributed by atoms with Gasteiger partial charge in [0, 0.05) is 32.9 Å². The van der Waals surface area contributed by atoms with Crippen LogP contribution < -0.4 is 10.6 Å². The summed E-state index contributed by atoms with van der Waals surface area (Å²) < 4.78 is 1.88. The quantitative estimate of drug-likeness (QED) is 0.613. The molecule has 0 bridgehead atoms. The average molecular weight is 306 g/mol. The van der Waals surface area contributed by atoms with Crippen LogP contribution in [-0.4, -0.2) is 53.4 Å². The van der Waals surface area contributed by atoms with Crippen LogP contribution in [0.3, 0.4) is 0 Å². The SMILES string of the molecule is CN=C(NCc1ccnn1C)NCC(C(C)C)N1CCCC1. The maximum absolute atomic E-state index is 4.32. The average Bonchev–Trinajstić information content (AvgIpc) is 3.14. The van der Waals surface area contributed by atoms with Crippen molar-refractivity contribution in [3.8, 4) is 0 Å². The van der Waals surface area contributed by atoms with Crippen molar-refractivity contribution in [3.05, 3.63) is 18.0 Å². The third-order valence-corrected chi connectivity index (χ3v) is 4.44. The third kappa shape index (κ3) is 4.47. The minimum atomic E-state index is 0.567. The molecule has 1 aliphatic rings. The van der Waals surface area contributed by atoms with Crippen molar-refractivity contribution < 1.29 is 0 Å². The topological polar surface area (TPSA) is 57.5 Å². The van der Waals surface area contributed by atoms with Crippen molar-refractivity contribution in [2.75, 3.05) is 26.7 Å². The van der Waals surface area contributed by atoms with E-state index < -0.39 is 0 Å². The summed E-state index contributed by atoms with van der Waals surface area (Å²) in [5.74, 6) is 1.49. The first kappa shape index (κ1) is 16.8. The van der Waals surface area contributed by atoms with E-state index in [0.29, 0.717) is 12.0 Å². The van der Waals surface area contributed by atoms with Crippen molar-refractivity contribution in [3.63, 3.8) is 0 Å². The normalized spacial score (nSPS) is 18.0. The van der Waals surface area contributed by atoms with E-state index in [-0.39, 0.29) is 0 Å². The van der Waals surface area contributed by atoms with Gasteiger partial charge in [0.05, 0.1) is 12.2 Å². The highest BCUT2D eigenvalue weighted by Gasteiger charge is 2.24. The van der Waals surface area contributed by atoms with E-state index in [0.717, 1.165) is 24.7 Å². The van der Waals surface area contributed by atoms with Crippen molar-refractivity contribution in [1.29, 1.82) is 0 Å². The lowest BCUT2D eigenvalue weighted by Crippen LogP contribution is -2.48. The summed E-state index contributed by atoms with van der Waals surface area (Å²) in [5.41, 5.74) is 1.14. The lowest BCUT2D eigenvalue weighted by atomic mass is 10.0. The predicted octanol–water partition coefficient (Wildman–Crippen LogP) is 1.21. The zero-order valence-electron chi connectivity index (χ0n) is 14.3. The monoisotopic (exact) mass is 306 g/mol. The molecule has 1 unspecified atom stereocenters. The smallest absolute Gasteiger partial charge is 0.191 e. The number of nitrogens with one attached hydrogen (secondary N) is 2. The summed E-state index contributed by atoms with van der Waals surface area (Å²) >= 11 is 0. The summed E-state index contributed by atoms with van der Waals surface area (Å²) in [6.07, 6.45) is 4.47. The summed E-state index contributed by atoms with van der Waals surface area (Å²) in [6, 6.07) is 2.58. The van der Waals surface area contributed by atoms with Gasteiger partial charge in [-0.2, -0.15) is 5.10 Å². The summed E-state index contributed by atoms with van der Waals surface area (Å²) in [7, 11) is 3.77. The molecule has 0 amide bonds.